The molecule has 3 rings (SSSR count). The number of carbonyl (C=O) groups excluding carboxylic acids is 2. The van der Waals surface area contributed by atoms with Gasteiger partial charge in [0.25, 0.3) is 0 Å². The minimum absolute atomic E-state index is 0.00841. The Labute approximate surface area is 154 Å². The van der Waals surface area contributed by atoms with E-state index in [2.05, 4.69) is 16.0 Å². The highest BCUT2D eigenvalue weighted by Crippen LogP contribution is 2.31. The van der Waals surface area contributed by atoms with Crippen LogP contribution < -0.4 is 20.7 Å². The van der Waals surface area contributed by atoms with Crippen molar-refractivity contribution in [2.45, 2.75) is 18.9 Å². The molecule has 142 valence electrons. The van der Waals surface area contributed by atoms with Gasteiger partial charge in [-0.3, -0.25) is 4.79 Å². The number of amides is 3. The van der Waals surface area contributed by atoms with Crippen LogP contribution in [0, 0.1) is 18.6 Å². The molecule has 1 heterocycles. The van der Waals surface area contributed by atoms with E-state index in [1.54, 1.807) is 12.1 Å². The first-order valence-electron chi connectivity index (χ1n) is 8.34. The second kappa shape index (κ2) is 7.61. The van der Waals surface area contributed by atoms with Crippen molar-refractivity contribution in [2.75, 3.05) is 19.0 Å². The predicted octanol–water partition coefficient (Wildman–Crippen LogP) is 2.69. The largest absolute Gasteiger partial charge is 0.497 e. The van der Waals surface area contributed by atoms with Crippen LogP contribution in [0.25, 0.3) is 0 Å². The fourth-order valence-corrected chi connectivity index (χ4v) is 3.03. The Morgan fingerprint density at radius 3 is 2.41 bits per heavy atom. The lowest BCUT2D eigenvalue weighted by Gasteiger charge is -2.20. The van der Waals surface area contributed by atoms with Gasteiger partial charge in [-0.2, -0.15) is 0 Å². The van der Waals surface area contributed by atoms with Crippen LogP contribution in [0.5, 0.6) is 5.75 Å². The summed E-state index contributed by atoms with van der Waals surface area (Å²) in [6.45, 7) is 1.92. The molecule has 1 fully saturated rings. The SMILES string of the molecule is COc1cc(F)c([C@@H]2CNC(=O)C2NC(=O)Nc2ccc(C)cc2)c(F)c1. The van der Waals surface area contributed by atoms with Crippen LogP contribution in [-0.4, -0.2) is 31.6 Å². The number of benzene rings is 2. The monoisotopic (exact) mass is 375 g/mol. The van der Waals surface area contributed by atoms with Gasteiger partial charge in [0, 0.05) is 35.8 Å². The van der Waals surface area contributed by atoms with Crippen molar-refractivity contribution >= 4 is 17.6 Å². The lowest BCUT2D eigenvalue weighted by atomic mass is 9.93. The summed E-state index contributed by atoms with van der Waals surface area (Å²) >= 11 is 0. The van der Waals surface area contributed by atoms with E-state index in [-0.39, 0.29) is 17.9 Å². The van der Waals surface area contributed by atoms with E-state index in [9.17, 15) is 18.4 Å². The first kappa shape index (κ1) is 18.6. The maximum Gasteiger partial charge on any atom is 0.319 e. The molecule has 2 aromatic carbocycles. The first-order chi connectivity index (χ1) is 12.9. The van der Waals surface area contributed by atoms with E-state index in [1.165, 1.54) is 7.11 Å². The molecule has 8 heteroatoms. The van der Waals surface area contributed by atoms with Gasteiger partial charge >= 0.3 is 6.03 Å². The molecule has 6 nitrogen and oxygen atoms in total. The maximum absolute atomic E-state index is 14.4. The molecule has 0 spiro atoms. The average Bonchev–Trinajstić information content (AvgIpc) is 2.97. The number of rotatable bonds is 4. The van der Waals surface area contributed by atoms with Crippen molar-refractivity contribution in [2.24, 2.45) is 0 Å². The number of urea groups is 1. The molecule has 3 amide bonds. The van der Waals surface area contributed by atoms with E-state index in [1.807, 2.05) is 19.1 Å². The fourth-order valence-electron chi connectivity index (χ4n) is 3.03. The second-order valence-corrected chi connectivity index (χ2v) is 6.30. The molecule has 1 saturated heterocycles. The topological polar surface area (TPSA) is 79.5 Å². The molecule has 0 saturated carbocycles. The molecule has 0 bridgehead atoms. The Bertz CT molecular complexity index is 848. The average molecular weight is 375 g/mol. The van der Waals surface area contributed by atoms with Gasteiger partial charge in [-0.1, -0.05) is 17.7 Å². The molecule has 0 aromatic heterocycles. The molecule has 27 heavy (non-hydrogen) atoms. The van der Waals surface area contributed by atoms with Crippen LogP contribution in [-0.2, 0) is 4.79 Å². The van der Waals surface area contributed by atoms with Gasteiger partial charge in [-0.15, -0.1) is 0 Å². The highest BCUT2D eigenvalue weighted by atomic mass is 19.1. The van der Waals surface area contributed by atoms with Gasteiger partial charge in [0.05, 0.1) is 7.11 Å². The molecular formula is C19H19F2N3O3. The van der Waals surface area contributed by atoms with Gasteiger partial charge in [0.15, 0.2) is 0 Å². The minimum atomic E-state index is -1.10. The van der Waals surface area contributed by atoms with Gasteiger partial charge in [-0.05, 0) is 19.1 Å². The molecule has 2 atom stereocenters. The number of hydrogen-bond donors (Lipinski definition) is 3. The Morgan fingerprint density at radius 1 is 1.19 bits per heavy atom. The summed E-state index contributed by atoms with van der Waals surface area (Å²) in [6.07, 6.45) is 0. The third-order valence-electron chi connectivity index (χ3n) is 4.44. The summed E-state index contributed by atoms with van der Waals surface area (Å²) in [6, 6.07) is 7.42. The first-order valence-corrected chi connectivity index (χ1v) is 8.34. The van der Waals surface area contributed by atoms with Crippen molar-refractivity contribution in [1.29, 1.82) is 0 Å². The van der Waals surface area contributed by atoms with E-state index < -0.39 is 35.5 Å². The van der Waals surface area contributed by atoms with Crippen molar-refractivity contribution < 1.29 is 23.1 Å². The number of hydrogen-bond acceptors (Lipinski definition) is 3. The van der Waals surface area contributed by atoms with Crippen molar-refractivity contribution in [3.05, 3.63) is 59.2 Å². The number of carbonyl (C=O) groups is 2. The van der Waals surface area contributed by atoms with Crippen LogP contribution in [0.15, 0.2) is 36.4 Å². The number of aryl methyl sites for hydroxylation is 1. The quantitative estimate of drug-likeness (QED) is 0.769. The number of ether oxygens (including phenoxy) is 1. The van der Waals surface area contributed by atoms with E-state index >= 15 is 0 Å². The Morgan fingerprint density at radius 2 is 1.81 bits per heavy atom. The van der Waals surface area contributed by atoms with E-state index in [0.717, 1.165) is 17.7 Å². The van der Waals surface area contributed by atoms with Gasteiger partial charge in [0.2, 0.25) is 5.91 Å². The molecule has 2 aromatic rings. The van der Waals surface area contributed by atoms with Crippen LogP contribution in [0.2, 0.25) is 0 Å². The minimum Gasteiger partial charge on any atom is -0.497 e. The number of halogens is 2. The summed E-state index contributed by atoms with van der Waals surface area (Å²) in [5.41, 5.74) is 1.30. The number of anilines is 1. The summed E-state index contributed by atoms with van der Waals surface area (Å²) in [4.78, 5) is 24.3. The molecule has 1 unspecified atom stereocenters. The lowest BCUT2D eigenvalue weighted by Crippen LogP contribution is -2.45. The van der Waals surface area contributed by atoms with Gasteiger partial charge < -0.3 is 20.7 Å². The van der Waals surface area contributed by atoms with Crippen LogP contribution in [0.4, 0.5) is 19.3 Å². The maximum atomic E-state index is 14.4. The molecule has 0 radical (unpaired) electrons. The predicted molar refractivity (Wildman–Crippen MR) is 95.8 cm³/mol. The number of methoxy groups -OCH3 is 1. The van der Waals surface area contributed by atoms with Crippen LogP contribution in [0.3, 0.4) is 0 Å². The summed E-state index contributed by atoms with van der Waals surface area (Å²) in [5.74, 6) is -3.02. The van der Waals surface area contributed by atoms with Crippen molar-refractivity contribution in [1.82, 2.24) is 10.6 Å². The summed E-state index contributed by atoms with van der Waals surface area (Å²) in [5, 5.41) is 7.63. The van der Waals surface area contributed by atoms with Crippen LogP contribution in [0.1, 0.15) is 17.0 Å². The summed E-state index contributed by atoms with van der Waals surface area (Å²) in [7, 11) is 1.30. The second-order valence-electron chi connectivity index (χ2n) is 6.30. The molecule has 3 N–H and O–H groups in total. The normalized spacial score (nSPS) is 18.7. The zero-order valence-electron chi connectivity index (χ0n) is 14.8. The summed E-state index contributed by atoms with van der Waals surface area (Å²) < 4.78 is 33.6. The number of nitrogens with one attached hydrogen (secondary N) is 3. The van der Waals surface area contributed by atoms with Crippen molar-refractivity contribution in [3.63, 3.8) is 0 Å². The smallest absolute Gasteiger partial charge is 0.319 e. The zero-order valence-corrected chi connectivity index (χ0v) is 14.8. The highest BCUT2D eigenvalue weighted by molar-refractivity contribution is 5.95. The highest BCUT2D eigenvalue weighted by Gasteiger charge is 2.40. The van der Waals surface area contributed by atoms with Gasteiger partial charge in [-0.25, -0.2) is 13.6 Å². The Hall–Kier alpha value is -3.16. The molecular weight excluding hydrogens is 356 g/mol. The Balaban J connectivity index is 1.78. The molecule has 0 aliphatic carbocycles. The van der Waals surface area contributed by atoms with Crippen molar-refractivity contribution in [3.8, 4) is 5.75 Å². The fraction of sp³-hybridized carbons (Fsp3) is 0.263. The third kappa shape index (κ3) is 3.99. The third-order valence-corrected chi connectivity index (χ3v) is 4.44. The molecule has 1 aliphatic heterocycles. The van der Waals surface area contributed by atoms with E-state index in [0.29, 0.717) is 5.69 Å². The lowest BCUT2D eigenvalue weighted by molar-refractivity contribution is -0.120. The van der Waals surface area contributed by atoms with E-state index in [4.69, 9.17) is 4.74 Å². The molecule has 1 aliphatic rings. The van der Waals surface area contributed by atoms with Gasteiger partial charge in [0.1, 0.15) is 23.4 Å². The standard InChI is InChI=1S/C19H19F2N3O3/c1-10-3-5-11(6-4-10)23-19(26)24-17-13(9-22-18(17)25)16-14(20)7-12(27-2)8-15(16)21/h3-8,13,17H,9H2,1-2H3,(H,22,25)(H2,23,24,26)/t13-,17?/m0/s1. The zero-order chi connectivity index (χ0) is 19.6. The van der Waals surface area contributed by atoms with Crippen LogP contribution >= 0.6 is 0 Å². The Kier molecular flexibility index (Phi) is 5.25.